The average molecular weight is 358 g/mol. The first kappa shape index (κ1) is 18.9. The Kier molecular flexibility index (Phi) is 5.46. The minimum absolute atomic E-state index is 0.148. The summed E-state index contributed by atoms with van der Waals surface area (Å²) < 4.78 is 6.35. The van der Waals surface area contributed by atoms with Crippen LogP contribution in [0, 0.1) is 6.92 Å². The second-order valence-corrected chi connectivity index (χ2v) is 7.95. The van der Waals surface area contributed by atoms with Gasteiger partial charge in [0.2, 0.25) is 0 Å². The van der Waals surface area contributed by atoms with Crippen molar-refractivity contribution in [2.75, 3.05) is 0 Å². The molecule has 138 valence electrons. The third kappa shape index (κ3) is 4.46. The average Bonchev–Trinajstić information content (AvgIpc) is 2.66. The van der Waals surface area contributed by atoms with E-state index in [1.54, 1.807) is 0 Å². The number of hydrogen-bond acceptors (Lipinski definition) is 2. The largest absolute Gasteiger partial charge is 0.488 e. The molecule has 0 amide bonds. The molecule has 2 heteroatoms. The Bertz CT molecular complexity index is 917. The van der Waals surface area contributed by atoms with Crippen molar-refractivity contribution in [2.45, 2.75) is 39.7 Å². The Hall–Kier alpha value is -2.87. The first-order valence-corrected chi connectivity index (χ1v) is 9.26. The van der Waals surface area contributed by atoms with E-state index in [0.29, 0.717) is 12.2 Å². The van der Waals surface area contributed by atoms with Crippen molar-refractivity contribution < 1.29 is 9.53 Å². The van der Waals surface area contributed by atoms with Crippen molar-refractivity contribution >= 4 is 6.29 Å². The second-order valence-electron chi connectivity index (χ2n) is 7.95. The molecule has 0 N–H and O–H groups in total. The van der Waals surface area contributed by atoms with Crippen molar-refractivity contribution in [3.8, 4) is 16.9 Å². The molecule has 0 spiro atoms. The zero-order valence-electron chi connectivity index (χ0n) is 16.5. The second kappa shape index (κ2) is 7.79. The van der Waals surface area contributed by atoms with Gasteiger partial charge in [0.1, 0.15) is 18.6 Å². The van der Waals surface area contributed by atoms with Gasteiger partial charge in [-0.25, -0.2) is 0 Å². The number of rotatable bonds is 5. The SMILES string of the molecule is Cc1ccc(-c2cc(C=O)cc(C(C)(C)C)c2OCc2ccccc2)cc1. The van der Waals surface area contributed by atoms with Gasteiger partial charge in [-0.15, -0.1) is 0 Å². The van der Waals surface area contributed by atoms with E-state index in [0.717, 1.165) is 34.3 Å². The molecule has 0 saturated carbocycles. The van der Waals surface area contributed by atoms with Crippen LogP contribution in [0.2, 0.25) is 0 Å². The third-order valence-electron chi connectivity index (χ3n) is 4.64. The maximum Gasteiger partial charge on any atom is 0.150 e. The summed E-state index contributed by atoms with van der Waals surface area (Å²) in [6.45, 7) is 8.99. The van der Waals surface area contributed by atoms with Crippen LogP contribution in [0.4, 0.5) is 0 Å². The van der Waals surface area contributed by atoms with Crippen molar-refractivity contribution in [3.63, 3.8) is 0 Å². The van der Waals surface area contributed by atoms with E-state index < -0.39 is 0 Å². The first-order valence-electron chi connectivity index (χ1n) is 9.26. The Balaban J connectivity index is 2.14. The van der Waals surface area contributed by atoms with Gasteiger partial charge in [-0.05, 0) is 35.6 Å². The summed E-state index contributed by atoms with van der Waals surface area (Å²) in [6, 6.07) is 22.4. The minimum atomic E-state index is -0.148. The highest BCUT2D eigenvalue weighted by atomic mass is 16.5. The molecule has 0 fully saturated rings. The summed E-state index contributed by atoms with van der Waals surface area (Å²) in [6.07, 6.45) is 0.911. The standard InChI is InChI=1S/C25H26O2/c1-18-10-12-21(13-11-18)22-14-20(16-26)15-23(25(2,3)4)24(22)27-17-19-8-6-5-7-9-19/h5-16H,17H2,1-4H3. The normalized spacial score (nSPS) is 11.3. The van der Waals surface area contributed by atoms with Crippen LogP contribution in [0.5, 0.6) is 5.75 Å². The van der Waals surface area contributed by atoms with Gasteiger partial charge in [0.15, 0.2) is 0 Å². The summed E-state index contributed by atoms with van der Waals surface area (Å²) in [5, 5.41) is 0. The molecule has 3 rings (SSSR count). The highest BCUT2D eigenvalue weighted by Crippen LogP contribution is 2.40. The molecular formula is C25H26O2. The lowest BCUT2D eigenvalue weighted by Crippen LogP contribution is -2.15. The molecule has 0 aliphatic heterocycles. The molecule has 0 atom stereocenters. The van der Waals surface area contributed by atoms with E-state index in [1.807, 2.05) is 30.3 Å². The highest BCUT2D eigenvalue weighted by molar-refractivity contribution is 5.83. The van der Waals surface area contributed by atoms with Crippen LogP contribution in [0.15, 0.2) is 66.7 Å². The van der Waals surface area contributed by atoms with E-state index in [9.17, 15) is 4.79 Å². The van der Waals surface area contributed by atoms with Crippen molar-refractivity contribution in [2.24, 2.45) is 0 Å². The van der Waals surface area contributed by atoms with E-state index >= 15 is 0 Å². The van der Waals surface area contributed by atoms with E-state index in [2.05, 4.69) is 64.1 Å². The lowest BCUT2D eigenvalue weighted by Gasteiger charge is -2.26. The molecule has 2 nitrogen and oxygen atoms in total. The van der Waals surface area contributed by atoms with Gasteiger partial charge < -0.3 is 4.74 Å². The van der Waals surface area contributed by atoms with Gasteiger partial charge in [-0.3, -0.25) is 4.79 Å². The lowest BCUT2D eigenvalue weighted by molar-refractivity contribution is 0.112. The van der Waals surface area contributed by atoms with Crippen molar-refractivity contribution in [1.29, 1.82) is 0 Å². The van der Waals surface area contributed by atoms with Gasteiger partial charge in [0.25, 0.3) is 0 Å². The molecule has 0 aliphatic rings. The minimum Gasteiger partial charge on any atom is -0.488 e. The molecule has 27 heavy (non-hydrogen) atoms. The summed E-state index contributed by atoms with van der Waals surface area (Å²) in [7, 11) is 0. The quantitative estimate of drug-likeness (QED) is 0.497. The fourth-order valence-corrected chi connectivity index (χ4v) is 3.11. The predicted molar refractivity (Wildman–Crippen MR) is 111 cm³/mol. The van der Waals surface area contributed by atoms with Gasteiger partial charge in [-0.2, -0.15) is 0 Å². The topological polar surface area (TPSA) is 26.3 Å². The lowest BCUT2D eigenvalue weighted by atomic mass is 9.83. The molecule has 0 saturated heterocycles. The monoisotopic (exact) mass is 358 g/mol. The number of carbonyl (C=O) groups is 1. The van der Waals surface area contributed by atoms with Gasteiger partial charge in [-0.1, -0.05) is 80.9 Å². The van der Waals surface area contributed by atoms with E-state index in [-0.39, 0.29) is 5.41 Å². The van der Waals surface area contributed by atoms with Crippen molar-refractivity contribution in [1.82, 2.24) is 0 Å². The van der Waals surface area contributed by atoms with Crippen LogP contribution >= 0.6 is 0 Å². The number of hydrogen-bond donors (Lipinski definition) is 0. The Morgan fingerprint density at radius 3 is 2.19 bits per heavy atom. The molecule has 0 bridgehead atoms. The van der Waals surface area contributed by atoms with Crippen LogP contribution in [-0.4, -0.2) is 6.29 Å². The van der Waals surface area contributed by atoms with Crippen LogP contribution in [0.25, 0.3) is 11.1 Å². The molecule has 3 aromatic rings. The van der Waals surface area contributed by atoms with Crippen LogP contribution < -0.4 is 4.74 Å². The van der Waals surface area contributed by atoms with E-state index in [1.165, 1.54) is 5.56 Å². The van der Waals surface area contributed by atoms with Gasteiger partial charge >= 0.3 is 0 Å². The fourth-order valence-electron chi connectivity index (χ4n) is 3.11. The molecule has 0 unspecified atom stereocenters. The molecule has 0 heterocycles. The van der Waals surface area contributed by atoms with Crippen molar-refractivity contribution in [3.05, 3.63) is 89.0 Å². The molecule has 3 aromatic carbocycles. The number of aryl methyl sites for hydroxylation is 1. The Morgan fingerprint density at radius 1 is 0.926 bits per heavy atom. The van der Waals surface area contributed by atoms with Gasteiger partial charge in [0.05, 0.1) is 0 Å². The maximum absolute atomic E-state index is 11.6. The summed E-state index contributed by atoms with van der Waals surface area (Å²) in [4.78, 5) is 11.6. The smallest absolute Gasteiger partial charge is 0.150 e. The summed E-state index contributed by atoms with van der Waals surface area (Å²) >= 11 is 0. The fraction of sp³-hybridized carbons (Fsp3) is 0.240. The van der Waals surface area contributed by atoms with E-state index in [4.69, 9.17) is 4.74 Å². The first-order chi connectivity index (χ1) is 12.9. The number of aldehydes is 1. The zero-order valence-corrected chi connectivity index (χ0v) is 16.5. The molecule has 0 aliphatic carbocycles. The maximum atomic E-state index is 11.6. The van der Waals surface area contributed by atoms with Crippen LogP contribution in [0.1, 0.15) is 47.8 Å². The zero-order chi connectivity index (χ0) is 19.4. The van der Waals surface area contributed by atoms with Crippen LogP contribution in [0.3, 0.4) is 0 Å². The molecule has 0 aromatic heterocycles. The Labute approximate surface area is 161 Å². The van der Waals surface area contributed by atoms with Crippen LogP contribution in [-0.2, 0) is 12.0 Å². The summed E-state index contributed by atoms with van der Waals surface area (Å²) in [5.41, 5.74) is 5.89. The number of benzene rings is 3. The third-order valence-corrected chi connectivity index (χ3v) is 4.64. The highest BCUT2D eigenvalue weighted by Gasteiger charge is 2.23. The summed E-state index contributed by atoms with van der Waals surface area (Å²) in [5.74, 6) is 0.848. The number of carbonyl (C=O) groups excluding carboxylic acids is 1. The number of ether oxygens (including phenoxy) is 1. The molecule has 0 radical (unpaired) electrons. The predicted octanol–water partition coefficient (Wildman–Crippen LogP) is 6.35. The van der Waals surface area contributed by atoms with Gasteiger partial charge in [0, 0.05) is 16.7 Å². The Morgan fingerprint density at radius 2 is 1.59 bits per heavy atom. The molecular weight excluding hydrogens is 332 g/mol.